The molecule has 2 heteroatoms. The first-order valence-electron chi connectivity index (χ1n) is 2.03. The van der Waals surface area contributed by atoms with Crippen LogP contribution in [0.5, 0.6) is 0 Å². The topological polar surface area (TPSA) is 23.5 Å². The molecule has 1 N–H and O–H groups in total. The van der Waals surface area contributed by atoms with Gasteiger partial charge in [-0.25, -0.2) is 0 Å². The van der Waals surface area contributed by atoms with Crippen LogP contribution in [0.3, 0.4) is 0 Å². The van der Waals surface area contributed by atoms with Gasteiger partial charge < -0.3 is 10.0 Å². The van der Waals surface area contributed by atoms with Gasteiger partial charge >= 0.3 is 0 Å². The zero-order valence-electron chi connectivity index (χ0n) is 4.31. The van der Waals surface area contributed by atoms with E-state index in [-0.39, 0.29) is 6.61 Å². The predicted octanol–water partition coefficient (Wildman–Crippen LogP) is -0.460. The van der Waals surface area contributed by atoms with Gasteiger partial charge in [0.05, 0.1) is 6.61 Å². The fourth-order valence-electron chi connectivity index (χ4n) is 0.200. The Bertz CT molecular complexity index is 28.7. The Morgan fingerprint density at radius 1 is 1.50 bits per heavy atom. The molecule has 0 aromatic heterocycles. The lowest BCUT2D eigenvalue weighted by Gasteiger charge is -2.03. The summed E-state index contributed by atoms with van der Waals surface area (Å²) < 4.78 is 0. The van der Waals surface area contributed by atoms with Crippen molar-refractivity contribution in [3.8, 4) is 0 Å². The minimum absolute atomic E-state index is 0.257. The van der Waals surface area contributed by atoms with E-state index in [1.807, 2.05) is 19.0 Å². The number of aliphatic hydroxyl groups is 1. The molecule has 6 heavy (non-hydrogen) atoms. The first-order chi connectivity index (χ1) is 2.77. The summed E-state index contributed by atoms with van der Waals surface area (Å²) in [5.41, 5.74) is 0. The highest BCUT2D eigenvalue weighted by Gasteiger charge is 1.80. The van der Waals surface area contributed by atoms with E-state index in [9.17, 15) is 0 Å². The Labute approximate surface area is 38.4 Å². The Morgan fingerprint density at radius 3 is 2.00 bits per heavy atom. The fraction of sp³-hybridized carbons (Fsp3) is 1.00. The molecule has 0 fully saturated rings. The second-order valence-electron chi connectivity index (χ2n) is 1.53. The van der Waals surface area contributed by atoms with Crippen molar-refractivity contribution >= 4 is 0 Å². The molecule has 0 aliphatic rings. The van der Waals surface area contributed by atoms with Crippen LogP contribution in [0.2, 0.25) is 0 Å². The fourth-order valence-corrected chi connectivity index (χ4v) is 0.200. The maximum atomic E-state index is 8.20. The number of rotatable bonds is 2. The molecular weight excluding hydrogens is 79.1 g/mol. The smallest absolute Gasteiger partial charge is 0.0558 e. The van der Waals surface area contributed by atoms with E-state index in [2.05, 4.69) is 0 Å². The van der Waals surface area contributed by atoms with Crippen LogP contribution in [0.15, 0.2) is 0 Å². The van der Waals surface area contributed by atoms with Gasteiger partial charge in [-0.2, -0.15) is 0 Å². The molecule has 0 aliphatic carbocycles. The van der Waals surface area contributed by atoms with Gasteiger partial charge in [0.15, 0.2) is 0 Å². The van der Waals surface area contributed by atoms with Crippen LogP contribution in [0.1, 0.15) is 0 Å². The van der Waals surface area contributed by atoms with E-state index in [1.54, 1.807) is 0 Å². The van der Waals surface area contributed by atoms with Gasteiger partial charge in [-0.1, -0.05) is 0 Å². The van der Waals surface area contributed by atoms with Gasteiger partial charge in [0.2, 0.25) is 0 Å². The molecule has 0 heterocycles. The van der Waals surface area contributed by atoms with Gasteiger partial charge in [-0.15, -0.1) is 0 Å². The molecule has 2 nitrogen and oxygen atoms in total. The summed E-state index contributed by atoms with van der Waals surface area (Å²) in [6, 6.07) is 0. The van der Waals surface area contributed by atoms with Gasteiger partial charge in [-0.3, -0.25) is 0 Å². The number of hydrogen-bond donors (Lipinski definition) is 1. The highest BCUT2D eigenvalue weighted by atomic mass is 17.2. The minimum atomic E-state index is 0.257. The zero-order valence-corrected chi connectivity index (χ0v) is 4.31. The quantitative estimate of drug-likeness (QED) is 0.496. The Hall–Kier alpha value is -0.0800. The second-order valence-corrected chi connectivity index (χ2v) is 1.53. The summed E-state index contributed by atoms with van der Waals surface area (Å²) >= 11 is 0. The molecule has 0 amide bonds. The highest BCUT2D eigenvalue weighted by molar-refractivity contribution is 4.34. The summed E-state index contributed by atoms with van der Waals surface area (Å²) in [7, 11) is 3.85. The third-order valence-corrected chi connectivity index (χ3v) is 0.547. The first-order valence-corrected chi connectivity index (χ1v) is 2.03. The van der Waals surface area contributed by atoms with Crippen LogP contribution in [0.4, 0.5) is 0 Å². The van der Waals surface area contributed by atoms with Gasteiger partial charge in [0.1, 0.15) is 0 Å². The summed E-state index contributed by atoms with van der Waals surface area (Å²) in [6.45, 7) is 1.02. The molecule has 0 saturated heterocycles. The average Bonchev–Trinajstić information content (AvgIpc) is 1.35. The maximum Gasteiger partial charge on any atom is 0.0558 e. The van der Waals surface area contributed by atoms with Crippen molar-refractivity contribution in [1.82, 2.24) is 4.90 Å². The van der Waals surface area contributed by atoms with Crippen LogP contribution in [0.25, 0.3) is 0 Å². The Morgan fingerprint density at radius 2 is 2.00 bits per heavy atom. The summed E-state index contributed by atoms with van der Waals surface area (Å²) in [5.74, 6) is 0. The van der Waals surface area contributed by atoms with Crippen molar-refractivity contribution < 1.29 is 5.11 Å². The lowest BCUT2D eigenvalue weighted by molar-refractivity contribution is 0.243. The maximum absolute atomic E-state index is 8.20. The van der Waals surface area contributed by atoms with Crippen LogP contribution >= 0.6 is 0 Å². The molecule has 0 aliphatic heterocycles. The third kappa shape index (κ3) is 3.92. The van der Waals surface area contributed by atoms with Crippen LogP contribution in [0, 0.1) is 0 Å². The molecule has 0 saturated carbocycles. The van der Waals surface area contributed by atoms with E-state index in [0.29, 0.717) is 0 Å². The molecule has 0 unspecified atom stereocenters. The Kier molecular flexibility index (Phi) is 3.08. The van der Waals surface area contributed by atoms with Crippen molar-refractivity contribution in [2.45, 2.75) is 0 Å². The van der Waals surface area contributed by atoms with Crippen molar-refractivity contribution in [3.63, 3.8) is 0 Å². The van der Waals surface area contributed by atoms with Gasteiger partial charge in [-0.05, 0) is 14.1 Å². The van der Waals surface area contributed by atoms with Crippen molar-refractivity contribution in [3.05, 3.63) is 0 Å². The summed E-state index contributed by atoms with van der Waals surface area (Å²) in [5, 5.41) is 8.20. The van der Waals surface area contributed by atoms with E-state index < -0.39 is 0 Å². The lowest BCUT2D eigenvalue weighted by atomic mass is 10.7. The molecule has 0 spiro atoms. The second kappa shape index (κ2) is 3.12. The minimum Gasteiger partial charge on any atom is -0.395 e. The molecule has 0 rings (SSSR count). The number of hydrogen-bond acceptors (Lipinski definition) is 2. The number of aliphatic hydroxyl groups excluding tert-OH is 1. The largest absolute Gasteiger partial charge is 0.395 e. The molecule has 0 aromatic carbocycles. The molecule has 0 bridgehead atoms. The third-order valence-electron chi connectivity index (χ3n) is 0.547. The molecule has 0 atom stereocenters. The SMILES string of the molecule is CN(C)CC[17OH]. The normalized spacial score (nSPS) is 10.0. The zero-order chi connectivity index (χ0) is 4.99. The van der Waals surface area contributed by atoms with Crippen molar-refractivity contribution in [2.24, 2.45) is 0 Å². The van der Waals surface area contributed by atoms with E-state index >= 15 is 0 Å². The molecule has 0 aromatic rings. The molecular formula is C4H11NO. The van der Waals surface area contributed by atoms with Crippen LogP contribution < -0.4 is 0 Å². The van der Waals surface area contributed by atoms with E-state index in [0.717, 1.165) is 6.54 Å². The Balaban J connectivity index is 2.63. The standard InChI is InChI=1S/C4H11NO/c1-5(2)3-4-6/h6H,3-4H2,1-2H3/i6+1. The van der Waals surface area contributed by atoms with Crippen molar-refractivity contribution in [2.75, 3.05) is 27.2 Å². The predicted molar refractivity (Wildman–Crippen MR) is 25.6 cm³/mol. The average molecular weight is 90.1 g/mol. The summed E-state index contributed by atoms with van der Waals surface area (Å²) in [4.78, 5) is 1.93. The first kappa shape index (κ1) is 5.92. The number of nitrogens with zero attached hydrogens (tertiary/aromatic N) is 1. The highest BCUT2D eigenvalue weighted by Crippen LogP contribution is 1.66. The number of likely N-dealkylation sites (N-methyl/N-ethyl adjacent to an activating group) is 1. The van der Waals surface area contributed by atoms with Gasteiger partial charge in [0.25, 0.3) is 0 Å². The van der Waals surface area contributed by atoms with E-state index in [4.69, 9.17) is 5.11 Å². The van der Waals surface area contributed by atoms with Crippen molar-refractivity contribution in [1.29, 1.82) is 0 Å². The molecule has 38 valence electrons. The lowest BCUT2D eigenvalue weighted by Crippen LogP contribution is -2.15. The summed E-state index contributed by atoms with van der Waals surface area (Å²) in [6.07, 6.45) is 0. The van der Waals surface area contributed by atoms with Crippen LogP contribution in [-0.2, 0) is 0 Å². The van der Waals surface area contributed by atoms with Crippen LogP contribution in [-0.4, -0.2) is 37.3 Å². The monoisotopic (exact) mass is 90.1 g/mol. The van der Waals surface area contributed by atoms with E-state index in [1.165, 1.54) is 0 Å². The van der Waals surface area contributed by atoms with Gasteiger partial charge in [0, 0.05) is 6.54 Å². The molecule has 0 radical (unpaired) electrons.